The molecule has 0 saturated carbocycles. The molecule has 1 aliphatic rings. The molecule has 15 heavy (non-hydrogen) atoms. The molecule has 3 nitrogen and oxygen atoms in total. The van der Waals surface area contributed by atoms with Crippen molar-refractivity contribution >= 4 is 17.4 Å². The van der Waals surface area contributed by atoms with Gasteiger partial charge in [-0.1, -0.05) is 11.8 Å². The van der Waals surface area contributed by atoms with Crippen molar-refractivity contribution in [2.75, 3.05) is 5.73 Å². The van der Waals surface area contributed by atoms with Crippen molar-refractivity contribution in [2.24, 2.45) is 0 Å². The van der Waals surface area contributed by atoms with Crippen LogP contribution < -0.4 is 10.5 Å². The quantitative estimate of drug-likeness (QED) is 0.587. The maximum absolute atomic E-state index is 5.70. The molecule has 0 spiro atoms. The van der Waals surface area contributed by atoms with Crippen LogP contribution in [0.4, 0.5) is 5.69 Å². The standard InChI is InChI=1S/C11H8N2OS/c12-7-3-4-10-9(6-7)14-8-2-1-5-13-11(8)15-10/h1-6H,12H2. The van der Waals surface area contributed by atoms with Gasteiger partial charge < -0.3 is 10.5 Å². The summed E-state index contributed by atoms with van der Waals surface area (Å²) in [4.78, 5) is 5.30. The fraction of sp³-hybridized carbons (Fsp3) is 0. The van der Waals surface area contributed by atoms with Gasteiger partial charge in [0.15, 0.2) is 5.75 Å². The van der Waals surface area contributed by atoms with Crippen LogP contribution in [0.15, 0.2) is 46.5 Å². The van der Waals surface area contributed by atoms with Gasteiger partial charge in [-0.25, -0.2) is 4.98 Å². The van der Waals surface area contributed by atoms with E-state index in [-0.39, 0.29) is 0 Å². The average Bonchev–Trinajstić information content (AvgIpc) is 2.26. The van der Waals surface area contributed by atoms with Crippen LogP contribution in [-0.4, -0.2) is 4.98 Å². The predicted octanol–water partition coefficient (Wildman–Crippen LogP) is 2.92. The summed E-state index contributed by atoms with van der Waals surface area (Å²) in [5.41, 5.74) is 6.41. The molecule has 1 aliphatic heterocycles. The van der Waals surface area contributed by atoms with Gasteiger partial charge in [0, 0.05) is 18.0 Å². The number of hydrogen-bond acceptors (Lipinski definition) is 4. The first-order chi connectivity index (χ1) is 7.33. The molecule has 4 heteroatoms. The maximum Gasteiger partial charge on any atom is 0.160 e. The number of nitrogens with zero attached hydrogens (tertiary/aromatic N) is 1. The Morgan fingerprint density at radius 2 is 2.13 bits per heavy atom. The first-order valence-electron chi connectivity index (χ1n) is 4.53. The number of aromatic nitrogens is 1. The lowest BCUT2D eigenvalue weighted by Gasteiger charge is -2.18. The Balaban J connectivity index is 2.11. The molecule has 2 N–H and O–H groups in total. The van der Waals surface area contributed by atoms with Crippen LogP contribution in [0, 0.1) is 0 Å². The number of hydrogen-bond donors (Lipinski definition) is 1. The largest absolute Gasteiger partial charge is 0.453 e. The molecule has 0 saturated heterocycles. The van der Waals surface area contributed by atoms with Gasteiger partial charge in [-0.05, 0) is 24.3 Å². The molecule has 1 aromatic carbocycles. The highest BCUT2D eigenvalue weighted by Gasteiger charge is 2.18. The summed E-state index contributed by atoms with van der Waals surface area (Å²) in [5, 5.41) is 0.898. The first kappa shape index (κ1) is 8.61. The van der Waals surface area contributed by atoms with Gasteiger partial charge >= 0.3 is 0 Å². The highest BCUT2D eigenvalue weighted by Crippen LogP contribution is 2.45. The van der Waals surface area contributed by atoms with Crippen LogP contribution in [0.3, 0.4) is 0 Å². The van der Waals surface area contributed by atoms with Crippen LogP contribution in [-0.2, 0) is 0 Å². The molecule has 0 unspecified atom stereocenters. The number of pyridine rings is 1. The molecule has 2 heterocycles. The molecule has 2 aromatic rings. The summed E-state index contributed by atoms with van der Waals surface area (Å²) in [6, 6.07) is 9.41. The molecule has 0 radical (unpaired) electrons. The Labute approximate surface area is 91.3 Å². The number of fused-ring (bicyclic) bond motifs is 2. The van der Waals surface area contributed by atoms with E-state index in [2.05, 4.69) is 4.98 Å². The monoisotopic (exact) mass is 216 g/mol. The second-order valence-electron chi connectivity index (χ2n) is 3.22. The minimum Gasteiger partial charge on any atom is -0.453 e. The van der Waals surface area contributed by atoms with Crippen LogP contribution in [0.1, 0.15) is 0 Å². The van der Waals surface area contributed by atoms with Gasteiger partial charge in [-0.3, -0.25) is 0 Å². The molecule has 0 atom stereocenters. The first-order valence-corrected chi connectivity index (χ1v) is 5.35. The van der Waals surface area contributed by atoms with E-state index in [0.29, 0.717) is 5.69 Å². The second kappa shape index (κ2) is 3.17. The summed E-state index contributed by atoms with van der Waals surface area (Å²) >= 11 is 1.60. The van der Waals surface area contributed by atoms with Crippen molar-refractivity contribution in [1.82, 2.24) is 4.98 Å². The van der Waals surface area contributed by atoms with E-state index in [0.717, 1.165) is 21.4 Å². The van der Waals surface area contributed by atoms with Gasteiger partial charge in [0.25, 0.3) is 0 Å². The van der Waals surface area contributed by atoms with E-state index in [1.54, 1.807) is 18.0 Å². The topological polar surface area (TPSA) is 48.1 Å². The molecule has 1 aromatic heterocycles. The Kier molecular flexibility index (Phi) is 1.82. The lowest BCUT2D eigenvalue weighted by atomic mass is 10.3. The molecule has 74 valence electrons. The maximum atomic E-state index is 5.70. The minimum absolute atomic E-state index is 0.710. The summed E-state index contributed by atoms with van der Waals surface area (Å²) in [7, 11) is 0. The summed E-state index contributed by atoms with van der Waals surface area (Å²) in [6.45, 7) is 0. The summed E-state index contributed by atoms with van der Waals surface area (Å²) in [5.74, 6) is 1.60. The number of anilines is 1. The third-order valence-electron chi connectivity index (χ3n) is 2.13. The van der Waals surface area contributed by atoms with E-state index in [1.165, 1.54) is 0 Å². The van der Waals surface area contributed by atoms with Crippen molar-refractivity contribution in [3.8, 4) is 11.5 Å². The predicted molar refractivity (Wildman–Crippen MR) is 59.3 cm³/mol. The van der Waals surface area contributed by atoms with E-state index in [1.807, 2.05) is 30.3 Å². The zero-order valence-electron chi connectivity index (χ0n) is 7.81. The van der Waals surface area contributed by atoms with Crippen molar-refractivity contribution in [3.05, 3.63) is 36.5 Å². The average molecular weight is 216 g/mol. The Morgan fingerprint density at radius 3 is 3.07 bits per heavy atom. The highest BCUT2D eigenvalue weighted by atomic mass is 32.2. The number of nitrogens with two attached hydrogens (primary N) is 1. The second-order valence-corrected chi connectivity index (χ2v) is 4.25. The van der Waals surface area contributed by atoms with Gasteiger partial charge in [-0.15, -0.1) is 0 Å². The van der Waals surface area contributed by atoms with Crippen LogP contribution in [0.5, 0.6) is 11.5 Å². The van der Waals surface area contributed by atoms with E-state index >= 15 is 0 Å². The number of nitrogen functional groups attached to an aromatic ring is 1. The normalized spacial score (nSPS) is 12.5. The van der Waals surface area contributed by atoms with E-state index in [4.69, 9.17) is 10.5 Å². The van der Waals surface area contributed by atoms with Crippen LogP contribution in [0.25, 0.3) is 0 Å². The van der Waals surface area contributed by atoms with Gasteiger partial charge in [0.05, 0.1) is 4.90 Å². The van der Waals surface area contributed by atoms with Gasteiger partial charge in [-0.2, -0.15) is 0 Å². The van der Waals surface area contributed by atoms with Crippen LogP contribution in [0.2, 0.25) is 0 Å². The zero-order chi connectivity index (χ0) is 10.3. The van der Waals surface area contributed by atoms with Gasteiger partial charge in [0.1, 0.15) is 10.8 Å². The third-order valence-corrected chi connectivity index (χ3v) is 3.19. The highest BCUT2D eigenvalue weighted by molar-refractivity contribution is 7.99. The Hall–Kier alpha value is -1.68. The lowest BCUT2D eigenvalue weighted by Crippen LogP contribution is -1.97. The molecule has 0 aliphatic carbocycles. The number of benzene rings is 1. The minimum atomic E-state index is 0.710. The molecular weight excluding hydrogens is 208 g/mol. The van der Waals surface area contributed by atoms with Crippen molar-refractivity contribution in [2.45, 2.75) is 9.92 Å². The molecule has 0 amide bonds. The fourth-order valence-corrected chi connectivity index (χ4v) is 2.31. The SMILES string of the molecule is Nc1ccc2c(c1)Oc1cccnc1S2. The van der Waals surface area contributed by atoms with Crippen LogP contribution >= 0.6 is 11.8 Å². The Morgan fingerprint density at radius 1 is 1.20 bits per heavy atom. The smallest absolute Gasteiger partial charge is 0.160 e. The Bertz CT molecular complexity index is 528. The summed E-state index contributed by atoms with van der Waals surface area (Å²) < 4.78 is 5.69. The zero-order valence-corrected chi connectivity index (χ0v) is 8.62. The summed E-state index contributed by atoms with van der Waals surface area (Å²) in [6.07, 6.45) is 1.76. The van der Waals surface area contributed by atoms with Gasteiger partial charge in [0.2, 0.25) is 0 Å². The molecule has 0 fully saturated rings. The third kappa shape index (κ3) is 1.43. The van der Waals surface area contributed by atoms with E-state index < -0.39 is 0 Å². The molecular formula is C11H8N2OS. The molecule has 0 bridgehead atoms. The van der Waals surface area contributed by atoms with Crippen molar-refractivity contribution in [3.63, 3.8) is 0 Å². The molecule has 3 rings (SSSR count). The number of ether oxygens (including phenoxy) is 1. The lowest BCUT2D eigenvalue weighted by molar-refractivity contribution is 0.449. The van der Waals surface area contributed by atoms with E-state index in [9.17, 15) is 0 Å². The van der Waals surface area contributed by atoms with Crippen molar-refractivity contribution in [1.29, 1.82) is 0 Å². The fourth-order valence-electron chi connectivity index (χ4n) is 1.44. The van der Waals surface area contributed by atoms with Crippen molar-refractivity contribution < 1.29 is 4.74 Å². The number of rotatable bonds is 0.